The normalized spacial score (nSPS) is 21.2. The number of aliphatic hydroxyl groups is 1. The van der Waals surface area contributed by atoms with Crippen molar-refractivity contribution in [2.75, 3.05) is 52.4 Å². The van der Waals surface area contributed by atoms with Crippen LogP contribution in [0.4, 0.5) is 0 Å². The van der Waals surface area contributed by atoms with E-state index in [4.69, 9.17) is 0 Å². The van der Waals surface area contributed by atoms with Gasteiger partial charge in [0.15, 0.2) is 0 Å². The number of rotatable bonds is 7. The van der Waals surface area contributed by atoms with Gasteiger partial charge in [-0.1, -0.05) is 13.8 Å². The van der Waals surface area contributed by atoms with E-state index in [0.717, 1.165) is 39.3 Å². The first kappa shape index (κ1) is 13.9. The van der Waals surface area contributed by atoms with Crippen molar-refractivity contribution in [1.29, 1.82) is 0 Å². The fourth-order valence-electron chi connectivity index (χ4n) is 2.19. The highest BCUT2D eigenvalue weighted by atomic mass is 16.3. The Bertz CT molecular complexity index is 170. The zero-order chi connectivity index (χ0) is 11.8. The Hall–Kier alpha value is -0.160. The Morgan fingerprint density at radius 3 is 2.31 bits per heavy atom. The number of piperazine rings is 1. The third-order valence-corrected chi connectivity index (χ3v) is 3.10. The van der Waals surface area contributed by atoms with E-state index < -0.39 is 0 Å². The van der Waals surface area contributed by atoms with Crippen molar-refractivity contribution in [2.45, 2.75) is 26.4 Å². The molecule has 0 bridgehead atoms. The summed E-state index contributed by atoms with van der Waals surface area (Å²) in [5, 5.41) is 13.0. The summed E-state index contributed by atoms with van der Waals surface area (Å²) >= 11 is 0. The molecule has 1 unspecified atom stereocenters. The molecule has 0 aromatic rings. The van der Waals surface area contributed by atoms with Crippen LogP contribution in [0.15, 0.2) is 0 Å². The number of likely N-dealkylation sites (N-methyl/N-ethyl adjacent to an activating group) is 1. The second kappa shape index (κ2) is 8.01. The summed E-state index contributed by atoms with van der Waals surface area (Å²) in [6.07, 6.45) is 1.01. The Balaban J connectivity index is 2.11. The molecule has 1 fully saturated rings. The highest BCUT2D eigenvalue weighted by molar-refractivity contribution is 4.74. The summed E-state index contributed by atoms with van der Waals surface area (Å²) in [5.74, 6) is 0. The molecule has 1 aliphatic heterocycles. The van der Waals surface area contributed by atoms with E-state index in [-0.39, 0.29) is 6.10 Å². The van der Waals surface area contributed by atoms with E-state index in [1.807, 2.05) is 0 Å². The van der Waals surface area contributed by atoms with Gasteiger partial charge < -0.3 is 15.3 Å². The molecule has 0 amide bonds. The Kier molecular flexibility index (Phi) is 6.96. The summed E-state index contributed by atoms with van der Waals surface area (Å²) in [6, 6.07) is 0. The maximum atomic E-state index is 9.78. The fourth-order valence-corrected chi connectivity index (χ4v) is 2.19. The van der Waals surface area contributed by atoms with Gasteiger partial charge in [0, 0.05) is 39.3 Å². The summed E-state index contributed by atoms with van der Waals surface area (Å²) in [7, 11) is 0. The van der Waals surface area contributed by atoms with Crippen LogP contribution in [0, 0.1) is 0 Å². The van der Waals surface area contributed by atoms with Gasteiger partial charge in [0.1, 0.15) is 0 Å². The van der Waals surface area contributed by atoms with Gasteiger partial charge in [0.2, 0.25) is 0 Å². The van der Waals surface area contributed by atoms with Crippen LogP contribution in [0.5, 0.6) is 0 Å². The van der Waals surface area contributed by atoms with Gasteiger partial charge >= 0.3 is 0 Å². The minimum atomic E-state index is -0.224. The Labute approximate surface area is 99.6 Å². The predicted molar refractivity (Wildman–Crippen MR) is 67.7 cm³/mol. The molecule has 1 atom stereocenters. The minimum Gasteiger partial charge on any atom is -0.390 e. The quantitative estimate of drug-likeness (QED) is 0.644. The van der Waals surface area contributed by atoms with Crippen molar-refractivity contribution in [3.05, 3.63) is 0 Å². The predicted octanol–water partition coefficient (Wildman–Crippen LogP) is -0.0156. The molecule has 0 aliphatic carbocycles. The molecular weight excluding hydrogens is 202 g/mol. The SMILES string of the molecule is CCCN1CCN(CC(O)CNCC)CC1. The molecule has 4 heteroatoms. The largest absolute Gasteiger partial charge is 0.390 e. The van der Waals surface area contributed by atoms with Crippen LogP contribution in [0.25, 0.3) is 0 Å². The second-order valence-corrected chi connectivity index (χ2v) is 4.60. The molecule has 4 nitrogen and oxygen atoms in total. The van der Waals surface area contributed by atoms with E-state index in [1.165, 1.54) is 13.0 Å². The minimum absolute atomic E-state index is 0.224. The molecule has 0 aromatic carbocycles. The molecule has 1 rings (SSSR count). The first-order valence-corrected chi connectivity index (χ1v) is 6.59. The molecule has 1 saturated heterocycles. The summed E-state index contributed by atoms with van der Waals surface area (Å²) in [6.45, 7) is 12.5. The van der Waals surface area contributed by atoms with Gasteiger partial charge in [0.05, 0.1) is 6.10 Å². The molecule has 1 heterocycles. The highest BCUT2D eigenvalue weighted by Crippen LogP contribution is 2.03. The van der Waals surface area contributed by atoms with Crippen molar-refractivity contribution in [2.24, 2.45) is 0 Å². The first-order valence-electron chi connectivity index (χ1n) is 6.59. The van der Waals surface area contributed by atoms with Crippen LogP contribution < -0.4 is 5.32 Å². The molecule has 2 N–H and O–H groups in total. The van der Waals surface area contributed by atoms with Crippen LogP contribution in [0.1, 0.15) is 20.3 Å². The van der Waals surface area contributed by atoms with Crippen molar-refractivity contribution >= 4 is 0 Å². The zero-order valence-electron chi connectivity index (χ0n) is 10.8. The third-order valence-electron chi connectivity index (χ3n) is 3.10. The number of nitrogens with one attached hydrogen (secondary N) is 1. The zero-order valence-corrected chi connectivity index (χ0v) is 10.8. The van der Waals surface area contributed by atoms with Crippen LogP contribution in [0.3, 0.4) is 0 Å². The number of β-amino-alcohol motifs (C(OH)–C–C–N with tert-alkyl or cyclic N) is 1. The molecule has 96 valence electrons. The van der Waals surface area contributed by atoms with Crippen LogP contribution in [-0.2, 0) is 0 Å². The van der Waals surface area contributed by atoms with Crippen LogP contribution in [0.2, 0.25) is 0 Å². The van der Waals surface area contributed by atoms with E-state index in [1.54, 1.807) is 0 Å². The number of hydrogen-bond acceptors (Lipinski definition) is 4. The van der Waals surface area contributed by atoms with Gasteiger partial charge in [-0.2, -0.15) is 0 Å². The van der Waals surface area contributed by atoms with Crippen LogP contribution >= 0.6 is 0 Å². The van der Waals surface area contributed by atoms with Crippen molar-refractivity contribution in [1.82, 2.24) is 15.1 Å². The maximum Gasteiger partial charge on any atom is 0.0791 e. The lowest BCUT2D eigenvalue weighted by atomic mass is 10.2. The van der Waals surface area contributed by atoms with E-state index in [0.29, 0.717) is 6.54 Å². The average Bonchev–Trinajstić information content (AvgIpc) is 2.29. The Morgan fingerprint density at radius 1 is 1.12 bits per heavy atom. The van der Waals surface area contributed by atoms with Crippen LogP contribution in [-0.4, -0.2) is 73.4 Å². The second-order valence-electron chi connectivity index (χ2n) is 4.60. The summed E-state index contributed by atoms with van der Waals surface area (Å²) < 4.78 is 0. The molecular formula is C12H27N3O. The lowest BCUT2D eigenvalue weighted by Gasteiger charge is -2.35. The lowest BCUT2D eigenvalue weighted by molar-refractivity contribution is 0.0728. The van der Waals surface area contributed by atoms with Gasteiger partial charge in [-0.05, 0) is 19.5 Å². The average molecular weight is 229 g/mol. The highest BCUT2D eigenvalue weighted by Gasteiger charge is 2.18. The van der Waals surface area contributed by atoms with E-state index >= 15 is 0 Å². The van der Waals surface area contributed by atoms with Gasteiger partial charge in [-0.3, -0.25) is 4.90 Å². The molecule has 1 aliphatic rings. The Morgan fingerprint density at radius 2 is 1.75 bits per heavy atom. The standard InChI is InChI=1S/C12H27N3O/c1-3-5-14-6-8-15(9-7-14)11-12(16)10-13-4-2/h12-13,16H,3-11H2,1-2H3. The topological polar surface area (TPSA) is 38.7 Å². The van der Waals surface area contributed by atoms with E-state index in [2.05, 4.69) is 29.0 Å². The van der Waals surface area contributed by atoms with Gasteiger partial charge in [-0.25, -0.2) is 0 Å². The molecule has 0 radical (unpaired) electrons. The monoisotopic (exact) mass is 229 g/mol. The smallest absolute Gasteiger partial charge is 0.0791 e. The fraction of sp³-hybridized carbons (Fsp3) is 1.00. The molecule has 16 heavy (non-hydrogen) atoms. The van der Waals surface area contributed by atoms with Crippen molar-refractivity contribution in [3.63, 3.8) is 0 Å². The van der Waals surface area contributed by atoms with Gasteiger partial charge in [-0.15, -0.1) is 0 Å². The molecule has 0 spiro atoms. The molecule has 0 aromatic heterocycles. The third kappa shape index (κ3) is 5.25. The first-order chi connectivity index (χ1) is 7.76. The summed E-state index contributed by atoms with van der Waals surface area (Å²) in [5.41, 5.74) is 0. The molecule has 0 saturated carbocycles. The van der Waals surface area contributed by atoms with Crippen molar-refractivity contribution < 1.29 is 5.11 Å². The van der Waals surface area contributed by atoms with Crippen molar-refractivity contribution in [3.8, 4) is 0 Å². The lowest BCUT2D eigenvalue weighted by Crippen LogP contribution is -2.49. The maximum absolute atomic E-state index is 9.78. The number of hydrogen-bond donors (Lipinski definition) is 2. The van der Waals surface area contributed by atoms with E-state index in [9.17, 15) is 5.11 Å². The number of nitrogens with zero attached hydrogens (tertiary/aromatic N) is 2. The number of aliphatic hydroxyl groups excluding tert-OH is 1. The van der Waals surface area contributed by atoms with Gasteiger partial charge in [0.25, 0.3) is 0 Å². The summed E-state index contributed by atoms with van der Waals surface area (Å²) in [4.78, 5) is 4.88.